The standard InChI is InChI=1S/C14H16BrN3OS/c1-9(8-19-2)17-14(20)18-12-5-3-4-10-6-11(15)7-16-13(10)12/h3-7,9H,8H2,1-2H3,(H2,17,18,20). The molecule has 2 aromatic rings. The van der Waals surface area contributed by atoms with Crippen molar-refractivity contribution < 1.29 is 4.74 Å². The molecular formula is C14H16BrN3OS. The zero-order valence-electron chi connectivity index (χ0n) is 11.3. The first-order chi connectivity index (χ1) is 9.60. The summed E-state index contributed by atoms with van der Waals surface area (Å²) < 4.78 is 6.03. The number of hydrogen-bond donors (Lipinski definition) is 2. The van der Waals surface area contributed by atoms with E-state index in [9.17, 15) is 0 Å². The van der Waals surface area contributed by atoms with Crippen molar-refractivity contribution >= 4 is 49.9 Å². The highest BCUT2D eigenvalue weighted by atomic mass is 79.9. The number of nitrogens with zero attached hydrogens (tertiary/aromatic N) is 1. The van der Waals surface area contributed by atoms with Crippen LogP contribution in [-0.2, 0) is 4.74 Å². The molecular weight excluding hydrogens is 338 g/mol. The van der Waals surface area contributed by atoms with E-state index in [0.717, 1.165) is 21.1 Å². The molecule has 0 spiro atoms. The average molecular weight is 354 g/mol. The topological polar surface area (TPSA) is 46.2 Å². The number of thiocarbonyl (C=S) groups is 1. The molecule has 20 heavy (non-hydrogen) atoms. The van der Waals surface area contributed by atoms with Crippen molar-refractivity contribution in [3.05, 3.63) is 34.9 Å². The molecule has 0 aliphatic carbocycles. The lowest BCUT2D eigenvalue weighted by atomic mass is 10.2. The number of halogens is 1. The van der Waals surface area contributed by atoms with Gasteiger partial charge in [0, 0.05) is 29.2 Å². The van der Waals surface area contributed by atoms with Crippen LogP contribution in [0.3, 0.4) is 0 Å². The minimum atomic E-state index is 0.150. The van der Waals surface area contributed by atoms with Crippen molar-refractivity contribution in [2.45, 2.75) is 13.0 Å². The minimum Gasteiger partial charge on any atom is -0.383 e. The number of methoxy groups -OCH3 is 1. The first-order valence-corrected chi connectivity index (χ1v) is 7.41. The molecule has 4 nitrogen and oxygen atoms in total. The van der Waals surface area contributed by atoms with Crippen LogP contribution < -0.4 is 10.6 Å². The summed E-state index contributed by atoms with van der Waals surface area (Å²) >= 11 is 8.72. The maximum absolute atomic E-state index is 5.30. The Hall–Kier alpha value is -1.24. The van der Waals surface area contributed by atoms with Gasteiger partial charge in [-0.2, -0.15) is 0 Å². The Balaban J connectivity index is 2.15. The van der Waals surface area contributed by atoms with Crippen LogP contribution in [0.2, 0.25) is 0 Å². The molecule has 0 aliphatic heterocycles. The van der Waals surface area contributed by atoms with Gasteiger partial charge in [-0.3, -0.25) is 4.98 Å². The van der Waals surface area contributed by atoms with Gasteiger partial charge in [0.05, 0.1) is 17.8 Å². The number of pyridine rings is 1. The lowest BCUT2D eigenvalue weighted by molar-refractivity contribution is 0.179. The average Bonchev–Trinajstić information content (AvgIpc) is 2.38. The summed E-state index contributed by atoms with van der Waals surface area (Å²) in [7, 11) is 1.67. The van der Waals surface area contributed by atoms with Crippen LogP contribution in [0, 0.1) is 0 Å². The number of hydrogen-bond acceptors (Lipinski definition) is 3. The summed E-state index contributed by atoms with van der Waals surface area (Å²) in [5, 5.41) is 7.96. The third-order valence-corrected chi connectivity index (χ3v) is 3.37. The number of fused-ring (bicyclic) bond motifs is 1. The summed E-state index contributed by atoms with van der Waals surface area (Å²) in [6.45, 7) is 2.61. The molecule has 2 rings (SSSR count). The molecule has 1 heterocycles. The lowest BCUT2D eigenvalue weighted by Gasteiger charge is -2.16. The normalized spacial score (nSPS) is 12.2. The Morgan fingerprint density at radius 1 is 1.50 bits per heavy atom. The molecule has 0 radical (unpaired) electrons. The smallest absolute Gasteiger partial charge is 0.171 e. The van der Waals surface area contributed by atoms with Gasteiger partial charge in [0.15, 0.2) is 5.11 Å². The summed E-state index contributed by atoms with van der Waals surface area (Å²) in [5.74, 6) is 0. The van der Waals surface area contributed by atoms with Crippen molar-refractivity contribution in [3.63, 3.8) is 0 Å². The number of ether oxygens (including phenoxy) is 1. The Labute approximate surface area is 132 Å². The van der Waals surface area contributed by atoms with Gasteiger partial charge in [0.1, 0.15) is 0 Å². The molecule has 1 atom stereocenters. The molecule has 0 amide bonds. The van der Waals surface area contributed by atoms with E-state index in [0.29, 0.717) is 11.7 Å². The van der Waals surface area contributed by atoms with E-state index in [2.05, 4.69) is 31.5 Å². The number of benzene rings is 1. The van der Waals surface area contributed by atoms with Gasteiger partial charge in [-0.15, -0.1) is 0 Å². The second-order valence-corrected chi connectivity index (χ2v) is 5.81. The summed E-state index contributed by atoms with van der Waals surface area (Å²) in [6.07, 6.45) is 1.78. The van der Waals surface area contributed by atoms with Gasteiger partial charge < -0.3 is 15.4 Å². The predicted octanol–water partition coefficient (Wildman–Crippen LogP) is 3.32. The van der Waals surface area contributed by atoms with Crippen LogP contribution in [0.5, 0.6) is 0 Å². The molecule has 0 saturated carbocycles. The largest absolute Gasteiger partial charge is 0.383 e. The lowest BCUT2D eigenvalue weighted by Crippen LogP contribution is -2.38. The fraction of sp³-hybridized carbons (Fsp3) is 0.286. The van der Waals surface area contributed by atoms with Crippen LogP contribution in [0.4, 0.5) is 5.69 Å². The second-order valence-electron chi connectivity index (χ2n) is 4.49. The summed E-state index contributed by atoms with van der Waals surface area (Å²) in [4.78, 5) is 4.43. The quantitative estimate of drug-likeness (QED) is 0.825. The van der Waals surface area contributed by atoms with Crippen molar-refractivity contribution in [2.75, 3.05) is 19.0 Å². The highest BCUT2D eigenvalue weighted by Gasteiger charge is 2.07. The fourth-order valence-corrected chi connectivity index (χ4v) is 2.57. The molecule has 1 aromatic heterocycles. The zero-order chi connectivity index (χ0) is 14.5. The van der Waals surface area contributed by atoms with E-state index in [-0.39, 0.29) is 6.04 Å². The van der Waals surface area contributed by atoms with Crippen molar-refractivity contribution in [3.8, 4) is 0 Å². The Kier molecular flexibility index (Phi) is 5.28. The van der Waals surface area contributed by atoms with E-state index in [1.54, 1.807) is 13.3 Å². The molecule has 0 fully saturated rings. The molecule has 1 unspecified atom stereocenters. The van der Waals surface area contributed by atoms with Crippen LogP contribution in [-0.4, -0.2) is 29.9 Å². The molecule has 0 bridgehead atoms. The Morgan fingerprint density at radius 3 is 3.05 bits per heavy atom. The van der Waals surface area contributed by atoms with Crippen LogP contribution >= 0.6 is 28.1 Å². The van der Waals surface area contributed by atoms with Gasteiger partial charge >= 0.3 is 0 Å². The number of para-hydroxylation sites is 1. The maximum Gasteiger partial charge on any atom is 0.171 e. The van der Waals surface area contributed by atoms with Gasteiger partial charge in [-0.1, -0.05) is 12.1 Å². The SMILES string of the molecule is COCC(C)NC(=S)Nc1cccc2cc(Br)cnc12. The molecule has 2 N–H and O–H groups in total. The number of anilines is 1. The van der Waals surface area contributed by atoms with Gasteiger partial charge in [-0.05, 0) is 47.2 Å². The van der Waals surface area contributed by atoms with Crippen molar-refractivity contribution in [2.24, 2.45) is 0 Å². The number of nitrogens with one attached hydrogen (secondary N) is 2. The van der Waals surface area contributed by atoms with E-state index >= 15 is 0 Å². The first-order valence-electron chi connectivity index (χ1n) is 6.21. The highest BCUT2D eigenvalue weighted by Crippen LogP contribution is 2.23. The first kappa shape index (κ1) is 15.2. The predicted molar refractivity (Wildman–Crippen MR) is 90.1 cm³/mol. The monoisotopic (exact) mass is 353 g/mol. The van der Waals surface area contributed by atoms with E-state index in [4.69, 9.17) is 17.0 Å². The van der Waals surface area contributed by atoms with Gasteiger partial charge in [0.25, 0.3) is 0 Å². The van der Waals surface area contributed by atoms with Crippen LogP contribution in [0.1, 0.15) is 6.92 Å². The maximum atomic E-state index is 5.30. The Morgan fingerprint density at radius 2 is 2.30 bits per heavy atom. The number of aromatic nitrogens is 1. The van der Waals surface area contributed by atoms with Crippen LogP contribution in [0.25, 0.3) is 10.9 Å². The van der Waals surface area contributed by atoms with Gasteiger partial charge in [-0.25, -0.2) is 0 Å². The molecule has 1 aromatic carbocycles. The van der Waals surface area contributed by atoms with Gasteiger partial charge in [0.2, 0.25) is 0 Å². The second kappa shape index (κ2) is 6.97. The minimum absolute atomic E-state index is 0.150. The molecule has 0 aliphatic rings. The Bertz CT molecular complexity index is 620. The summed E-state index contributed by atoms with van der Waals surface area (Å²) in [5.41, 5.74) is 1.77. The van der Waals surface area contributed by atoms with E-state index in [1.165, 1.54) is 0 Å². The van der Waals surface area contributed by atoms with Crippen molar-refractivity contribution in [1.29, 1.82) is 0 Å². The van der Waals surface area contributed by atoms with Crippen LogP contribution in [0.15, 0.2) is 34.9 Å². The molecule has 6 heteroatoms. The van der Waals surface area contributed by atoms with E-state index in [1.807, 2.05) is 31.2 Å². The third-order valence-electron chi connectivity index (χ3n) is 2.72. The zero-order valence-corrected chi connectivity index (χ0v) is 13.7. The third kappa shape index (κ3) is 3.88. The fourth-order valence-electron chi connectivity index (χ4n) is 1.91. The van der Waals surface area contributed by atoms with E-state index < -0.39 is 0 Å². The molecule has 0 saturated heterocycles. The van der Waals surface area contributed by atoms with Crippen molar-refractivity contribution in [1.82, 2.24) is 10.3 Å². The molecule has 106 valence electrons. The highest BCUT2D eigenvalue weighted by molar-refractivity contribution is 9.10. The number of rotatable bonds is 4. The summed E-state index contributed by atoms with van der Waals surface area (Å²) in [6, 6.07) is 8.12.